The minimum atomic E-state index is -0.150. The zero-order chi connectivity index (χ0) is 12.0. The highest BCUT2D eigenvalue weighted by molar-refractivity contribution is 9.10. The average Bonchev–Trinajstić information content (AvgIpc) is 2.28. The number of unbranched alkanes of at least 4 members (excludes halogenated alkanes) is 1. The lowest BCUT2D eigenvalue weighted by molar-refractivity contribution is 0.0953. The van der Waals surface area contributed by atoms with Crippen LogP contribution in [-0.4, -0.2) is 19.0 Å². The Morgan fingerprint density at radius 3 is 2.88 bits per heavy atom. The van der Waals surface area contributed by atoms with Crippen LogP contribution in [0.3, 0.4) is 0 Å². The normalized spacial score (nSPS) is 10.2. The van der Waals surface area contributed by atoms with Crippen LogP contribution in [0.2, 0.25) is 5.02 Å². The molecule has 88 valence electrons. The summed E-state index contributed by atoms with van der Waals surface area (Å²) in [6, 6.07) is 5.28. The predicted molar refractivity (Wildman–Crippen MR) is 69.8 cm³/mol. The molecule has 0 spiro atoms. The molecule has 0 aliphatic carbocycles. The summed E-state index contributed by atoms with van der Waals surface area (Å²) in [7, 11) is 0. The van der Waals surface area contributed by atoms with Gasteiger partial charge in [0.25, 0.3) is 5.91 Å². The summed E-state index contributed by atoms with van der Waals surface area (Å²) in [5, 5.41) is 3.25. The minimum absolute atomic E-state index is 0.150. The molecule has 1 amide bonds. The van der Waals surface area contributed by atoms with Crippen molar-refractivity contribution < 1.29 is 4.79 Å². The topological polar surface area (TPSA) is 55.1 Å². The molecule has 0 aliphatic heterocycles. The number of nitrogens with two attached hydrogens (primary N) is 1. The van der Waals surface area contributed by atoms with Gasteiger partial charge in [0.15, 0.2) is 0 Å². The molecule has 0 aromatic heterocycles. The molecule has 0 saturated carbocycles. The van der Waals surface area contributed by atoms with E-state index in [1.165, 1.54) is 0 Å². The van der Waals surface area contributed by atoms with Gasteiger partial charge in [-0.15, -0.1) is 0 Å². The van der Waals surface area contributed by atoms with E-state index < -0.39 is 0 Å². The summed E-state index contributed by atoms with van der Waals surface area (Å²) in [4.78, 5) is 11.7. The summed E-state index contributed by atoms with van der Waals surface area (Å²) < 4.78 is 0.726. The Balaban J connectivity index is 2.56. The van der Waals surface area contributed by atoms with Crippen molar-refractivity contribution >= 4 is 33.4 Å². The SMILES string of the molecule is NCCCCNC(=O)c1cccc(Br)c1Cl. The van der Waals surface area contributed by atoms with Crippen LogP contribution in [0.25, 0.3) is 0 Å². The van der Waals surface area contributed by atoms with E-state index in [1.807, 2.05) is 0 Å². The number of benzene rings is 1. The first-order valence-corrected chi connectivity index (χ1v) is 6.26. The monoisotopic (exact) mass is 304 g/mol. The first-order chi connectivity index (χ1) is 7.66. The third-order valence-corrected chi connectivity index (χ3v) is 3.41. The number of hydrogen-bond donors (Lipinski definition) is 2. The van der Waals surface area contributed by atoms with Gasteiger partial charge >= 0.3 is 0 Å². The molecule has 0 bridgehead atoms. The summed E-state index contributed by atoms with van der Waals surface area (Å²) in [6.07, 6.45) is 1.79. The number of halogens is 2. The van der Waals surface area contributed by atoms with Gasteiger partial charge in [0.1, 0.15) is 0 Å². The van der Waals surface area contributed by atoms with Gasteiger partial charge in [-0.05, 0) is 47.4 Å². The largest absolute Gasteiger partial charge is 0.352 e. The molecule has 3 N–H and O–H groups in total. The van der Waals surface area contributed by atoms with Gasteiger partial charge in [0.05, 0.1) is 10.6 Å². The van der Waals surface area contributed by atoms with Crippen molar-refractivity contribution in [2.75, 3.05) is 13.1 Å². The van der Waals surface area contributed by atoms with Crippen molar-refractivity contribution in [3.63, 3.8) is 0 Å². The van der Waals surface area contributed by atoms with E-state index in [0.29, 0.717) is 23.7 Å². The molecule has 0 aliphatic rings. The Hall–Kier alpha value is -0.580. The molecule has 1 rings (SSSR count). The van der Waals surface area contributed by atoms with Crippen LogP contribution in [0.1, 0.15) is 23.2 Å². The van der Waals surface area contributed by atoms with Gasteiger partial charge < -0.3 is 11.1 Å². The molecule has 1 aromatic carbocycles. The van der Waals surface area contributed by atoms with Crippen LogP contribution in [0.15, 0.2) is 22.7 Å². The van der Waals surface area contributed by atoms with Crippen LogP contribution in [0.5, 0.6) is 0 Å². The summed E-state index contributed by atoms with van der Waals surface area (Å²) in [5.41, 5.74) is 5.85. The van der Waals surface area contributed by atoms with Crippen LogP contribution >= 0.6 is 27.5 Å². The molecule has 16 heavy (non-hydrogen) atoms. The van der Waals surface area contributed by atoms with Gasteiger partial charge in [-0.25, -0.2) is 0 Å². The van der Waals surface area contributed by atoms with Gasteiger partial charge in [-0.1, -0.05) is 17.7 Å². The number of nitrogens with one attached hydrogen (secondary N) is 1. The maximum atomic E-state index is 11.7. The molecule has 3 nitrogen and oxygen atoms in total. The fourth-order valence-corrected chi connectivity index (χ4v) is 1.82. The summed E-state index contributed by atoms with van der Waals surface area (Å²) in [6.45, 7) is 1.27. The molecular weight excluding hydrogens is 291 g/mol. The summed E-state index contributed by atoms with van der Waals surface area (Å²) in [5.74, 6) is -0.150. The predicted octanol–water partition coefficient (Wildman–Crippen LogP) is 2.57. The molecular formula is C11H14BrClN2O. The van der Waals surface area contributed by atoms with Crippen molar-refractivity contribution in [1.29, 1.82) is 0 Å². The number of carbonyl (C=O) groups is 1. The first kappa shape index (κ1) is 13.5. The lowest BCUT2D eigenvalue weighted by atomic mass is 10.2. The lowest BCUT2D eigenvalue weighted by Gasteiger charge is -2.07. The number of rotatable bonds is 5. The van der Waals surface area contributed by atoms with Crippen LogP contribution in [0, 0.1) is 0 Å². The first-order valence-electron chi connectivity index (χ1n) is 5.09. The van der Waals surface area contributed by atoms with E-state index >= 15 is 0 Å². The summed E-state index contributed by atoms with van der Waals surface area (Å²) >= 11 is 9.28. The number of carbonyl (C=O) groups excluding carboxylic acids is 1. The second-order valence-corrected chi connectivity index (χ2v) is 4.59. The van der Waals surface area contributed by atoms with E-state index in [2.05, 4.69) is 21.2 Å². The molecule has 0 saturated heterocycles. The minimum Gasteiger partial charge on any atom is -0.352 e. The quantitative estimate of drug-likeness (QED) is 0.822. The Kier molecular flexibility index (Phi) is 5.80. The molecule has 0 radical (unpaired) electrons. The highest BCUT2D eigenvalue weighted by atomic mass is 79.9. The second kappa shape index (κ2) is 6.89. The zero-order valence-electron chi connectivity index (χ0n) is 8.80. The Morgan fingerprint density at radius 1 is 1.44 bits per heavy atom. The molecule has 0 fully saturated rings. The zero-order valence-corrected chi connectivity index (χ0v) is 11.1. The number of hydrogen-bond acceptors (Lipinski definition) is 2. The van der Waals surface area contributed by atoms with E-state index in [-0.39, 0.29) is 5.91 Å². The molecule has 0 heterocycles. The van der Waals surface area contributed by atoms with E-state index in [4.69, 9.17) is 17.3 Å². The average molecular weight is 306 g/mol. The van der Waals surface area contributed by atoms with E-state index in [0.717, 1.165) is 17.3 Å². The molecule has 1 aromatic rings. The highest BCUT2D eigenvalue weighted by Gasteiger charge is 2.11. The smallest absolute Gasteiger partial charge is 0.252 e. The number of amides is 1. The van der Waals surface area contributed by atoms with Crippen LogP contribution < -0.4 is 11.1 Å². The maximum absolute atomic E-state index is 11.7. The maximum Gasteiger partial charge on any atom is 0.252 e. The molecule has 5 heteroatoms. The standard InChI is InChI=1S/C11H14BrClN2O/c12-9-5-3-4-8(10(9)13)11(16)15-7-2-1-6-14/h3-5H,1-2,6-7,14H2,(H,15,16). The van der Waals surface area contributed by atoms with Gasteiger partial charge in [0.2, 0.25) is 0 Å². The second-order valence-electron chi connectivity index (χ2n) is 3.35. The lowest BCUT2D eigenvalue weighted by Crippen LogP contribution is -2.25. The Bertz CT molecular complexity index is 371. The van der Waals surface area contributed by atoms with Crippen molar-refractivity contribution in [3.8, 4) is 0 Å². The van der Waals surface area contributed by atoms with Crippen LogP contribution in [-0.2, 0) is 0 Å². The van der Waals surface area contributed by atoms with Crippen molar-refractivity contribution in [2.24, 2.45) is 5.73 Å². The van der Waals surface area contributed by atoms with Gasteiger partial charge in [-0.2, -0.15) is 0 Å². The Labute approximate surface area is 108 Å². The third-order valence-electron chi connectivity index (χ3n) is 2.11. The third kappa shape index (κ3) is 3.77. The van der Waals surface area contributed by atoms with Crippen molar-refractivity contribution in [2.45, 2.75) is 12.8 Å². The van der Waals surface area contributed by atoms with E-state index in [1.54, 1.807) is 18.2 Å². The van der Waals surface area contributed by atoms with Gasteiger partial charge in [-0.3, -0.25) is 4.79 Å². The van der Waals surface area contributed by atoms with E-state index in [9.17, 15) is 4.79 Å². The highest BCUT2D eigenvalue weighted by Crippen LogP contribution is 2.25. The molecule has 0 atom stereocenters. The van der Waals surface area contributed by atoms with Crippen LogP contribution in [0.4, 0.5) is 0 Å². The fourth-order valence-electron chi connectivity index (χ4n) is 1.25. The van der Waals surface area contributed by atoms with Crippen molar-refractivity contribution in [1.82, 2.24) is 5.32 Å². The Morgan fingerprint density at radius 2 is 2.19 bits per heavy atom. The fraction of sp³-hybridized carbons (Fsp3) is 0.364. The molecule has 0 unspecified atom stereocenters. The van der Waals surface area contributed by atoms with Gasteiger partial charge in [0, 0.05) is 11.0 Å². The van der Waals surface area contributed by atoms with Crippen molar-refractivity contribution in [3.05, 3.63) is 33.3 Å².